The molecule has 1 saturated carbocycles. The maximum Gasteiger partial charge on any atom is 0.341 e. The summed E-state index contributed by atoms with van der Waals surface area (Å²) in [6, 6.07) is 15.2. The first-order valence-electron chi connectivity index (χ1n) is 18.0. The second-order valence-electron chi connectivity index (χ2n) is 13.5. The highest BCUT2D eigenvalue weighted by atomic mass is 35.5. The number of carbonyl (C=O) groups excluding carboxylic acids is 3. The summed E-state index contributed by atoms with van der Waals surface area (Å²) in [6.07, 6.45) is 6.42. The van der Waals surface area contributed by atoms with Crippen molar-refractivity contribution in [2.75, 3.05) is 27.4 Å². The number of carboxylic acid groups (broad SMARTS) is 1. The number of carbonyl (C=O) groups is 4. The molecule has 3 unspecified atom stereocenters. The zero-order valence-electron chi connectivity index (χ0n) is 30.0. The van der Waals surface area contributed by atoms with E-state index in [0.717, 1.165) is 44.1 Å². The molecule has 2 amide bonds. The van der Waals surface area contributed by atoms with Crippen molar-refractivity contribution >= 4 is 47.0 Å². The van der Waals surface area contributed by atoms with E-state index in [0.29, 0.717) is 65.1 Å². The van der Waals surface area contributed by atoms with E-state index >= 15 is 0 Å². The van der Waals surface area contributed by atoms with Crippen LogP contribution in [0.4, 0.5) is 0 Å². The van der Waals surface area contributed by atoms with E-state index in [2.05, 4.69) is 5.32 Å². The van der Waals surface area contributed by atoms with Crippen LogP contribution in [0.3, 0.4) is 0 Å². The van der Waals surface area contributed by atoms with E-state index in [9.17, 15) is 19.2 Å². The summed E-state index contributed by atoms with van der Waals surface area (Å²) in [5.74, 6) is -1.08. The van der Waals surface area contributed by atoms with Crippen molar-refractivity contribution in [3.8, 4) is 17.2 Å². The molecular weight excluding hydrogens is 723 g/mol. The molecule has 0 bridgehead atoms. The zero-order valence-corrected chi connectivity index (χ0v) is 31.5. The molecule has 2 aliphatic rings. The van der Waals surface area contributed by atoms with Gasteiger partial charge in [0.2, 0.25) is 5.91 Å². The third-order valence-corrected chi connectivity index (χ3v) is 10.3. The molecule has 5 rings (SSSR count). The van der Waals surface area contributed by atoms with Crippen LogP contribution in [0.1, 0.15) is 85.4 Å². The second kappa shape index (κ2) is 19.0. The summed E-state index contributed by atoms with van der Waals surface area (Å²) >= 11 is 12.4. The highest BCUT2D eigenvalue weighted by molar-refractivity contribution is 6.35. The number of hydrogen-bond acceptors (Lipinski definition) is 8. The molecule has 2 N–H and O–H groups in total. The van der Waals surface area contributed by atoms with Gasteiger partial charge in [-0.25, -0.2) is 9.59 Å². The summed E-state index contributed by atoms with van der Waals surface area (Å²) in [6.45, 7) is -0.183. The lowest BCUT2D eigenvalue weighted by molar-refractivity contribution is -0.163. The van der Waals surface area contributed by atoms with Crippen molar-refractivity contribution in [1.29, 1.82) is 0 Å². The van der Waals surface area contributed by atoms with Crippen molar-refractivity contribution in [3.05, 3.63) is 87.4 Å². The molecule has 0 aromatic heterocycles. The monoisotopic (exact) mass is 768 g/mol. The van der Waals surface area contributed by atoms with Crippen LogP contribution in [0.5, 0.6) is 17.2 Å². The molecule has 1 aliphatic carbocycles. The largest absolute Gasteiger partial charge is 0.493 e. The Labute approximate surface area is 319 Å². The lowest BCUT2D eigenvalue weighted by Crippen LogP contribution is -2.58. The van der Waals surface area contributed by atoms with Gasteiger partial charge in [0.25, 0.3) is 5.91 Å². The van der Waals surface area contributed by atoms with Crippen LogP contribution >= 0.6 is 23.2 Å². The normalized spacial score (nSPS) is 17.3. The van der Waals surface area contributed by atoms with Crippen LogP contribution in [0, 0.1) is 5.92 Å². The van der Waals surface area contributed by atoms with Gasteiger partial charge in [0.05, 0.1) is 14.2 Å². The average Bonchev–Trinajstić information content (AvgIpc) is 3.17. The number of nitrogens with one attached hydrogen (secondary N) is 1. The number of halogens is 2. The van der Waals surface area contributed by atoms with Gasteiger partial charge in [0, 0.05) is 22.2 Å². The number of carboxylic acids is 1. The smallest absolute Gasteiger partial charge is 0.341 e. The van der Waals surface area contributed by atoms with E-state index in [4.69, 9.17) is 47.3 Å². The molecular formula is C40H46Cl2N2O9. The number of piperidine rings is 1. The number of aryl methyl sites for hydroxylation is 1. The van der Waals surface area contributed by atoms with Crippen LogP contribution in [-0.4, -0.2) is 73.2 Å². The molecule has 284 valence electrons. The molecule has 11 nitrogen and oxygen atoms in total. The third-order valence-electron chi connectivity index (χ3n) is 9.85. The lowest BCUT2D eigenvalue weighted by atomic mass is 9.82. The zero-order chi connectivity index (χ0) is 37.9. The fraction of sp³-hybridized carbons (Fsp3) is 0.450. The maximum atomic E-state index is 14.5. The second-order valence-corrected chi connectivity index (χ2v) is 14.3. The third kappa shape index (κ3) is 10.8. The number of benzene rings is 3. The summed E-state index contributed by atoms with van der Waals surface area (Å²) in [5.41, 5.74) is 1.78. The van der Waals surface area contributed by atoms with Gasteiger partial charge in [-0.05, 0) is 104 Å². The van der Waals surface area contributed by atoms with Crippen molar-refractivity contribution < 1.29 is 43.2 Å². The first kappa shape index (κ1) is 39.7. The van der Waals surface area contributed by atoms with Crippen LogP contribution in [0.2, 0.25) is 10.0 Å². The number of esters is 1. The molecule has 1 heterocycles. The topological polar surface area (TPSA) is 141 Å². The van der Waals surface area contributed by atoms with Crippen molar-refractivity contribution in [2.45, 2.75) is 82.4 Å². The minimum atomic E-state index is -1.12. The van der Waals surface area contributed by atoms with Gasteiger partial charge in [-0.1, -0.05) is 60.7 Å². The Balaban J connectivity index is 1.39. The first-order chi connectivity index (χ1) is 25.6. The Morgan fingerprint density at radius 2 is 1.58 bits per heavy atom. The summed E-state index contributed by atoms with van der Waals surface area (Å²) < 4.78 is 22.6. The molecule has 3 aromatic rings. The summed E-state index contributed by atoms with van der Waals surface area (Å²) in [4.78, 5) is 55.1. The van der Waals surface area contributed by atoms with Gasteiger partial charge in [0.15, 0.2) is 18.1 Å². The van der Waals surface area contributed by atoms with Crippen molar-refractivity contribution in [3.63, 3.8) is 0 Å². The molecule has 2 fully saturated rings. The van der Waals surface area contributed by atoms with E-state index in [1.165, 1.54) is 18.2 Å². The highest BCUT2D eigenvalue weighted by Gasteiger charge is 2.41. The van der Waals surface area contributed by atoms with Gasteiger partial charge in [0.1, 0.15) is 23.9 Å². The molecule has 1 aliphatic heterocycles. The number of nitrogens with zero attached hydrogens (tertiary/aromatic N) is 1. The van der Waals surface area contributed by atoms with E-state index < -0.39 is 42.6 Å². The predicted molar refractivity (Wildman–Crippen MR) is 200 cm³/mol. The van der Waals surface area contributed by atoms with E-state index in [1.807, 2.05) is 18.2 Å². The first-order valence-corrected chi connectivity index (χ1v) is 18.7. The SMILES string of the molecule is COc1ccc(CCC(OC(=O)C2CCCCN2C(=O)C(NC(=O)c2cc(Cl)cc(Cl)c2)C2CCCCC2)c2cccc(OCC(=O)O)c2)cc1OC. The van der Waals surface area contributed by atoms with Gasteiger partial charge < -0.3 is 34.3 Å². The minimum absolute atomic E-state index is 0.101. The fourth-order valence-electron chi connectivity index (χ4n) is 7.17. The molecule has 1 saturated heterocycles. The van der Waals surface area contributed by atoms with Crippen LogP contribution in [0.15, 0.2) is 60.7 Å². The summed E-state index contributed by atoms with van der Waals surface area (Å²) in [5, 5.41) is 12.7. The number of amides is 2. The Bertz CT molecular complexity index is 1740. The number of methoxy groups -OCH3 is 2. The minimum Gasteiger partial charge on any atom is -0.493 e. The Morgan fingerprint density at radius 3 is 2.28 bits per heavy atom. The van der Waals surface area contributed by atoms with Crippen molar-refractivity contribution in [2.24, 2.45) is 5.92 Å². The number of aliphatic carboxylic acids is 1. The lowest BCUT2D eigenvalue weighted by Gasteiger charge is -2.39. The Hall–Kier alpha value is -4.48. The number of likely N-dealkylation sites (tertiary alicyclic amines) is 1. The maximum absolute atomic E-state index is 14.5. The van der Waals surface area contributed by atoms with Crippen molar-refractivity contribution in [1.82, 2.24) is 10.2 Å². The molecule has 53 heavy (non-hydrogen) atoms. The van der Waals surface area contributed by atoms with Gasteiger partial charge in [-0.3, -0.25) is 9.59 Å². The molecule has 3 atom stereocenters. The number of ether oxygens (including phenoxy) is 4. The van der Waals surface area contributed by atoms with Gasteiger partial charge in [-0.15, -0.1) is 0 Å². The van der Waals surface area contributed by atoms with Crippen LogP contribution < -0.4 is 19.5 Å². The fourth-order valence-corrected chi connectivity index (χ4v) is 7.70. The Kier molecular flexibility index (Phi) is 14.3. The molecule has 3 aromatic carbocycles. The molecule has 0 radical (unpaired) electrons. The van der Waals surface area contributed by atoms with Crippen LogP contribution in [-0.2, 0) is 25.5 Å². The molecule has 13 heteroatoms. The summed E-state index contributed by atoms with van der Waals surface area (Å²) in [7, 11) is 3.12. The Morgan fingerprint density at radius 1 is 0.868 bits per heavy atom. The van der Waals surface area contributed by atoms with Gasteiger partial charge in [-0.2, -0.15) is 0 Å². The van der Waals surface area contributed by atoms with Crippen LogP contribution in [0.25, 0.3) is 0 Å². The highest BCUT2D eigenvalue weighted by Crippen LogP contribution is 2.34. The van der Waals surface area contributed by atoms with Gasteiger partial charge >= 0.3 is 11.9 Å². The quantitative estimate of drug-likeness (QED) is 0.151. The van der Waals surface area contributed by atoms with E-state index in [1.54, 1.807) is 43.4 Å². The number of hydrogen-bond donors (Lipinski definition) is 2. The molecule has 0 spiro atoms. The predicted octanol–water partition coefficient (Wildman–Crippen LogP) is 7.45. The average molecular weight is 770 g/mol. The standard InChI is InChI=1S/C40H46Cl2N2O9/c1-50-34-17-15-25(19-35(34)51-2)14-16-33(27-11-8-12-31(22-27)52-24-36(45)46)53-40(49)32-13-6-7-18-44(32)39(48)37(26-9-4-3-5-10-26)43-38(47)28-20-29(41)23-30(42)21-28/h8,11-12,15,17,19-23,26,32-33,37H,3-7,9-10,13-14,16,18,24H2,1-2H3,(H,43,47)(H,45,46). The van der Waals surface area contributed by atoms with E-state index in [-0.39, 0.29) is 17.4 Å². The number of rotatable bonds is 15.